The van der Waals surface area contributed by atoms with Crippen LogP contribution in [0.25, 0.3) is 0 Å². The van der Waals surface area contributed by atoms with E-state index in [9.17, 15) is 0 Å². The Morgan fingerprint density at radius 3 is 2.62 bits per heavy atom. The SMILES string of the molecule is CCNC(=NCC(C)(C)N1CCOCC1)N1CCC(COC)C1.I. The van der Waals surface area contributed by atoms with Gasteiger partial charge in [0.05, 0.1) is 26.4 Å². The first kappa shape index (κ1) is 21.9. The Hall–Kier alpha value is -0.120. The molecule has 1 N–H and O–H groups in total. The van der Waals surface area contributed by atoms with Gasteiger partial charge in [0.15, 0.2) is 5.96 Å². The van der Waals surface area contributed by atoms with Gasteiger partial charge in [-0.25, -0.2) is 0 Å². The summed E-state index contributed by atoms with van der Waals surface area (Å²) in [4.78, 5) is 9.81. The number of ether oxygens (including phenoxy) is 2. The van der Waals surface area contributed by atoms with Crippen LogP contribution in [0.2, 0.25) is 0 Å². The lowest BCUT2D eigenvalue weighted by Gasteiger charge is -2.40. The number of likely N-dealkylation sites (tertiary alicyclic amines) is 1. The third-order valence-corrected chi connectivity index (χ3v) is 4.81. The van der Waals surface area contributed by atoms with Crippen molar-refractivity contribution in [2.24, 2.45) is 10.9 Å². The number of halogens is 1. The van der Waals surface area contributed by atoms with Gasteiger partial charge in [-0.2, -0.15) is 0 Å². The van der Waals surface area contributed by atoms with E-state index in [4.69, 9.17) is 14.5 Å². The minimum atomic E-state index is 0. The van der Waals surface area contributed by atoms with Crippen molar-refractivity contribution in [3.05, 3.63) is 0 Å². The fourth-order valence-corrected chi connectivity index (χ4v) is 3.36. The number of rotatable bonds is 6. The first-order valence-electron chi connectivity index (χ1n) is 8.92. The predicted molar refractivity (Wildman–Crippen MR) is 109 cm³/mol. The molecule has 0 saturated carbocycles. The van der Waals surface area contributed by atoms with Gasteiger partial charge in [0.2, 0.25) is 0 Å². The zero-order valence-corrected chi connectivity index (χ0v) is 18.0. The number of hydrogen-bond donors (Lipinski definition) is 1. The highest BCUT2D eigenvalue weighted by molar-refractivity contribution is 14.0. The summed E-state index contributed by atoms with van der Waals surface area (Å²) in [5.74, 6) is 1.67. The maximum atomic E-state index is 5.47. The van der Waals surface area contributed by atoms with Crippen LogP contribution in [0.1, 0.15) is 27.2 Å². The molecule has 2 saturated heterocycles. The van der Waals surface area contributed by atoms with Crippen LogP contribution in [-0.4, -0.2) is 87.5 Å². The lowest BCUT2D eigenvalue weighted by molar-refractivity contribution is -0.00688. The summed E-state index contributed by atoms with van der Waals surface area (Å²) in [6.07, 6.45) is 1.19. The van der Waals surface area contributed by atoms with Gasteiger partial charge >= 0.3 is 0 Å². The highest BCUT2D eigenvalue weighted by atomic mass is 127. The van der Waals surface area contributed by atoms with Crippen molar-refractivity contribution in [2.75, 3.05) is 66.2 Å². The molecule has 0 amide bonds. The monoisotopic (exact) mass is 454 g/mol. The Bertz CT molecular complexity index is 387. The van der Waals surface area contributed by atoms with E-state index < -0.39 is 0 Å². The number of nitrogens with one attached hydrogen (secondary N) is 1. The van der Waals surface area contributed by atoms with Gasteiger partial charge in [0, 0.05) is 51.3 Å². The fraction of sp³-hybridized carbons (Fsp3) is 0.941. The molecule has 7 heteroatoms. The van der Waals surface area contributed by atoms with E-state index >= 15 is 0 Å². The van der Waals surface area contributed by atoms with Crippen molar-refractivity contribution < 1.29 is 9.47 Å². The fourth-order valence-electron chi connectivity index (χ4n) is 3.36. The van der Waals surface area contributed by atoms with E-state index in [2.05, 4.69) is 35.9 Å². The summed E-state index contributed by atoms with van der Waals surface area (Å²) < 4.78 is 10.8. The number of morpholine rings is 1. The van der Waals surface area contributed by atoms with E-state index in [0.717, 1.165) is 65.0 Å². The summed E-state index contributed by atoms with van der Waals surface area (Å²) in [6, 6.07) is 0. The van der Waals surface area contributed by atoms with Crippen LogP contribution < -0.4 is 5.32 Å². The van der Waals surface area contributed by atoms with E-state index in [1.54, 1.807) is 7.11 Å². The van der Waals surface area contributed by atoms with Gasteiger partial charge in [0.25, 0.3) is 0 Å². The molecule has 0 aromatic heterocycles. The Labute approximate surface area is 164 Å². The normalized spacial score (nSPS) is 23.2. The summed E-state index contributed by atoms with van der Waals surface area (Å²) in [7, 11) is 1.78. The molecule has 2 rings (SSSR count). The molecule has 2 aliphatic rings. The molecule has 0 aromatic carbocycles. The maximum Gasteiger partial charge on any atom is 0.193 e. The Balaban J connectivity index is 0.00000288. The van der Waals surface area contributed by atoms with Crippen LogP contribution in [0.15, 0.2) is 4.99 Å². The number of aliphatic imine (C=N–C) groups is 1. The molecule has 2 fully saturated rings. The summed E-state index contributed by atoms with van der Waals surface area (Å²) in [6.45, 7) is 15.0. The highest BCUT2D eigenvalue weighted by Gasteiger charge is 2.29. The van der Waals surface area contributed by atoms with E-state index in [-0.39, 0.29) is 29.5 Å². The molecule has 0 spiro atoms. The van der Waals surface area contributed by atoms with E-state index in [1.807, 2.05) is 0 Å². The smallest absolute Gasteiger partial charge is 0.193 e. The molecular formula is C17H35IN4O2. The number of nitrogens with zero attached hydrogens (tertiary/aromatic N) is 3. The first-order chi connectivity index (χ1) is 11.1. The van der Waals surface area contributed by atoms with Crippen molar-refractivity contribution in [3.8, 4) is 0 Å². The standard InChI is InChI=1S/C17H34N4O2.HI/c1-5-18-16(20-7-6-15(12-20)13-22-4)19-14-17(2,3)21-8-10-23-11-9-21;/h15H,5-14H2,1-4H3,(H,18,19);1H. The van der Waals surface area contributed by atoms with Crippen LogP contribution in [0.3, 0.4) is 0 Å². The third-order valence-electron chi connectivity index (χ3n) is 4.81. The molecule has 2 aliphatic heterocycles. The van der Waals surface area contributed by atoms with Gasteiger partial charge < -0.3 is 19.7 Å². The highest BCUT2D eigenvalue weighted by Crippen LogP contribution is 2.19. The number of hydrogen-bond acceptors (Lipinski definition) is 4. The first-order valence-corrected chi connectivity index (χ1v) is 8.92. The predicted octanol–water partition coefficient (Wildman–Crippen LogP) is 1.65. The molecule has 6 nitrogen and oxygen atoms in total. The van der Waals surface area contributed by atoms with Crippen LogP contribution >= 0.6 is 24.0 Å². The van der Waals surface area contributed by atoms with Crippen LogP contribution in [0.4, 0.5) is 0 Å². The van der Waals surface area contributed by atoms with Gasteiger partial charge in [-0.05, 0) is 27.2 Å². The quantitative estimate of drug-likeness (QED) is 0.376. The largest absolute Gasteiger partial charge is 0.384 e. The van der Waals surface area contributed by atoms with Gasteiger partial charge in [-0.1, -0.05) is 0 Å². The summed E-state index contributed by atoms with van der Waals surface area (Å²) >= 11 is 0. The molecule has 142 valence electrons. The van der Waals surface area contributed by atoms with Gasteiger partial charge in [-0.15, -0.1) is 24.0 Å². The second kappa shape index (κ2) is 10.8. The molecule has 24 heavy (non-hydrogen) atoms. The average Bonchev–Trinajstić information content (AvgIpc) is 3.01. The maximum absolute atomic E-state index is 5.47. The zero-order valence-electron chi connectivity index (χ0n) is 15.7. The molecule has 1 unspecified atom stereocenters. The Morgan fingerprint density at radius 2 is 2.00 bits per heavy atom. The Morgan fingerprint density at radius 1 is 1.29 bits per heavy atom. The topological polar surface area (TPSA) is 49.3 Å². The molecule has 0 bridgehead atoms. The van der Waals surface area contributed by atoms with Crippen molar-refractivity contribution in [1.29, 1.82) is 0 Å². The van der Waals surface area contributed by atoms with Gasteiger partial charge in [0.1, 0.15) is 0 Å². The van der Waals surface area contributed by atoms with Crippen LogP contribution in [-0.2, 0) is 9.47 Å². The third kappa shape index (κ3) is 6.31. The summed E-state index contributed by atoms with van der Waals surface area (Å²) in [5.41, 5.74) is 0.0656. The minimum Gasteiger partial charge on any atom is -0.384 e. The molecule has 0 aromatic rings. The second-order valence-electron chi connectivity index (χ2n) is 7.14. The number of methoxy groups -OCH3 is 1. The van der Waals surface area contributed by atoms with E-state index in [1.165, 1.54) is 6.42 Å². The summed E-state index contributed by atoms with van der Waals surface area (Å²) in [5, 5.41) is 3.45. The van der Waals surface area contributed by atoms with E-state index in [0.29, 0.717) is 5.92 Å². The Kier molecular flexibility index (Phi) is 9.84. The van der Waals surface area contributed by atoms with Crippen molar-refractivity contribution in [1.82, 2.24) is 15.1 Å². The van der Waals surface area contributed by atoms with Gasteiger partial charge in [-0.3, -0.25) is 9.89 Å². The minimum absolute atomic E-state index is 0. The second-order valence-corrected chi connectivity index (χ2v) is 7.14. The van der Waals surface area contributed by atoms with Crippen molar-refractivity contribution in [2.45, 2.75) is 32.7 Å². The van der Waals surface area contributed by atoms with Crippen LogP contribution in [0.5, 0.6) is 0 Å². The molecular weight excluding hydrogens is 419 g/mol. The lowest BCUT2D eigenvalue weighted by atomic mass is 10.0. The molecule has 0 radical (unpaired) electrons. The number of guanidine groups is 1. The van der Waals surface area contributed by atoms with Crippen molar-refractivity contribution >= 4 is 29.9 Å². The zero-order chi connectivity index (χ0) is 16.7. The molecule has 0 aliphatic carbocycles. The van der Waals surface area contributed by atoms with Crippen molar-refractivity contribution in [3.63, 3.8) is 0 Å². The lowest BCUT2D eigenvalue weighted by Crippen LogP contribution is -2.52. The molecule has 1 atom stereocenters. The molecule has 2 heterocycles. The average molecular weight is 454 g/mol. The van der Waals surface area contributed by atoms with Crippen LogP contribution in [0, 0.1) is 5.92 Å².